The fourth-order valence-electron chi connectivity index (χ4n) is 0.968. The van der Waals surface area contributed by atoms with E-state index in [1.54, 1.807) is 0 Å². The van der Waals surface area contributed by atoms with Crippen molar-refractivity contribution in [3.8, 4) is 0 Å². The van der Waals surface area contributed by atoms with Crippen LogP contribution in [0.25, 0.3) is 0 Å². The predicted molar refractivity (Wildman–Crippen MR) is 53.2 cm³/mol. The highest BCUT2D eigenvalue weighted by atomic mass is 32.2. The van der Waals surface area contributed by atoms with Crippen molar-refractivity contribution in [2.24, 2.45) is 0 Å². The van der Waals surface area contributed by atoms with Crippen molar-refractivity contribution >= 4 is 18.9 Å². The Labute approximate surface area is 76.5 Å². The molecule has 1 radical (unpaired) electrons. The number of rotatable bonds is 5. The summed E-state index contributed by atoms with van der Waals surface area (Å²) in [4.78, 5) is 0.316. The molecule has 5 heteroatoms. The van der Waals surface area contributed by atoms with Gasteiger partial charge in [-0.25, -0.2) is 0 Å². The van der Waals surface area contributed by atoms with Crippen LogP contribution in [0.5, 0.6) is 0 Å². The molecule has 0 amide bonds. The molecule has 0 aromatic carbocycles. The van der Waals surface area contributed by atoms with Crippen LogP contribution in [0, 0.1) is 4.87 Å². The minimum Gasteiger partial charge on any atom is -0.285 e. The molecule has 0 heterocycles. The average Bonchev–Trinajstić information content (AvgIpc) is 1.97. The molecule has 0 aliphatic carbocycles. The lowest BCUT2D eigenvalue weighted by molar-refractivity contribution is 0.488. The molecule has 12 heavy (non-hydrogen) atoms. The first-order valence-corrected chi connectivity index (χ1v) is 8.19. The van der Waals surface area contributed by atoms with Crippen molar-refractivity contribution in [3.63, 3.8) is 0 Å². The minimum atomic E-state index is -3.85. The normalized spacial score (nSPS) is 15.1. The first kappa shape index (κ1) is 12.1. The van der Waals surface area contributed by atoms with Gasteiger partial charge in [0.2, 0.25) is 0 Å². The zero-order valence-corrected chi connectivity index (χ0v) is 9.84. The van der Waals surface area contributed by atoms with Crippen LogP contribution >= 0.6 is 0 Å². The lowest BCUT2D eigenvalue weighted by Crippen LogP contribution is -2.24. The van der Waals surface area contributed by atoms with E-state index in [1.807, 2.05) is 6.55 Å². The van der Waals surface area contributed by atoms with Gasteiger partial charge in [-0.15, -0.1) is 0 Å². The van der Waals surface area contributed by atoms with Crippen LogP contribution in [0.2, 0.25) is 12.6 Å². The van der Waals surface area contributed by atoms with Gasteiger partial charge in [-0.2, -0.15) is 8.42 Å². The van der Waals surface area contributed by atoms with Crippen molar-refractivity contribution in [1.29, 1.82) is 0 Å². The smallest absolute Gasteiger partial charge is 0.268 e. The summed E-state index contributed by atoms with van der Waals surface area (Å²) in [5.74, 6) is 0. The molecule has 0 aliphatic rings. The molecule has 0 aliphatic heterocycles. The number of hydrogen-bond acceptors (Lipinski definition) is 2. The molecule has 0 aromatic rings. The maximum absolute atomic E-state index is 10.7. The van der Waals surface area contributed by atoms with E-state index in [1.165, 1.54) is 6.92 Å². The van der Waals surface area contributed by atoms with Gasteiger partial charge in [0.05, 0.1) is 8.80 Å². The molecule has 0 rings (SSSR count). The Morgan fingerprint density at radius 1 is 1.50 bits per heavy atom. The molecule has 0 fully saturated rings. The SMILES string of the molecule is CCCC[SiH](C)[C](C)S(=O)(=O)O. The molecule has 73 valence electrons. The second kappa shape index (κ2) is 4.99. The summed E-state index contributed by atoms with van der Waals surface area (Å²) in [7, 11) is -5.21. The Balaban J connectivity index is 4.02. The molecule has 0 saturated heterocycles. The van der Waals surface area contributed by atoms with Crippen LogP contribution in [0.4, 0.5) is 0 Å². The van der Waals surface area contributed by atoms with E-state index in [4.69, 9.17) is 4.55 Å². The summed E-state index contributed by atoms with van der Waals surface area (Å²) < 4.78 is 30.1. The zero-order valence-electron chi connectivity index (χ0n) is 7.87. The Hall–Kier alpha value is 0.127. The Kier molecular flexibility index (Phi) is 5.04. The maximum atomic E-state index is 10.7. The van der Waals surface area contributed by atoms with E-state index in [0.29, 0.717) is 4.87 Å². The van der Waals surface area contributed by atoms with Gasteiger partial charge in [-0.1, -0.05) is 32.4 Å². The highest BCUT2D eigenvalue weighted by molar-refractivity contribution is 7.90. The van der Waals surface area contributed by atoms with Crippen molar-refractivity contribution in [2.75, 3.05) is 0 Å². The third kappa shape index (κ3) is 4.23. The van der Waals surface area contributed by atoms with Gasteiger partial charge in [-0.05, 0) is 6.92 Å². The van der Waals surface area contributed by atoms with E-state index in [-0.39, 0.29) is 0 Å². The molecular formula is C7H17O3SSi. The van der Waals surface area contributed by atoms with Crippen molar-refractivity contribution < 1.29 is 13.0 Å². The van der Waals surface area contributed by atoms with Crippen LogP contribution < -0.4 is 0 Å². The summed E-state index contributed by atoms with van der Waals surface area (Å²) in [6, 6.07) is 0.960. The highest BCUT2D eigenvalue weighted by Gasteiger charge is 2.25. The predicted octanol–water partition coefficient (Wildman–Crippen LogP) is 1.62. The topological polar surface area (TPSA) is 54.4 Å². The lowest BCUT2D eigenvalue weighted by Gasteiger charge is -2.13. The summed E-state index contributed by atoms with van der Waals surface area (Å²) in [6.45, 7) is 5.56. The molecule has 1 unspecified atom stereocenters. The van der Waals surface area contributed by atoms with Gasteiger partial charge in [0.25, 0.3) is 10.1 Å². The second-order valence-electron chi connectivity index (χ2n) is 3.13. The summed E-state index contributed by atoms with van der Waals surface area (Å²) in [6.07, 6.45) is 2.14. The fraction of sp³-hybridized carbons (Fsp3) is 0.857. The van der Waals surface area contributed by atoms with E-state index in [0.717, 1.165) is 18.9 Å². The number of unbranched alkanes of at least 4 members (excludes halogenated alkanes) is 1. The van der Waals surface area contributed by atoms with Gasteiger partial charge in [0.15, 0.2) is 0 Å². The molecule has 0 aromatic heterocycles. The van der Waals surface area contributed by atoms with Crippen LogP contribution in [0.1, 0.15) is 26.7 Å². The zero-order chi connectivity index (χ0) is 9.78. The molecule has 3 nitrogen and oxygen atoms in total. The quantitative estimate of drug-likeness (QED) is 0.553. The largest absolute Gasteiger partial charge is 0.285 e. The van der Waals surface area contributed by atoms with Gasteiger partial charge in [0, 0.05) is 0 Å². The summed E-state index contributed by atoms with van der Waals surface area (Å²) in [5.41, 5.74) is 0. The molecule has 1 N–H and O–H groups in total. The van der Waals surface area contributed by atoms with Crippen molar-refractivity contribution in [3.05, 3.63) is 4.87 Å². The van der Waals surface area contributed by atoms with Crippen molar-refractivity contribution in [1.82, 2.24) is 0 Å². The molecule has 0 spiro atoms. The molecule has 0 saturated carbocycles. The van der Waals surface area contributed by atoms with Crippen LogP contribution in [0.15, 0.2) is 0 Å². The number of hydrogen-bond donors (Lipinski definition) is 1. The van der Waals surface area contributed by atoms with Gasteiger partial charge >= 0.3 is 0 Å². The molecule has 0 bridgehead atoms. The van der Waals surface area contributed by atoms with Gasteiger partial charge < -0.3 is 0 Å². The standard InChI is InChI=1S/C7H17O3SSi/c1-4-5-6-12(3)7(2)11(8,9)10/h12H,4-6H2,1-3H3,(H,8,9,10). The highest BCUT2D eigenvalue weighted by Crippen LogP contribution is 2.16. The lowest BCUT2D eigenvalue weighted by atomic mass is 10.4. The summed E-state index contributed by atoms with van der Waals surface area (Å²) >= 11 is 0. The Bertz CT molecular complexity index is 213. The van der Waals surface area contributed by atoms with Crippen molar-refractivity contribution in [2.45, 2.75) is 39.3 Å². The Morgan fingerprint density at radius 3 is 2.33 bits per heavy atom. The Morgan fingerprint density at radius 2 is 2.00 bits per heavy atom. The third-order valence-electron chi connectivity index (χ3n) is 2.09. The molecular weight excluding hydrogens is 192 g/mol. The van der Waals surface area contributed by atoms with Gasteiger partial charge in [-0.3, -0.25) is 4.55 Å². The monoisotopic (exact) mass is 209 g/mol. The minimum absolute atomic E-state index is 0.316. The van der Waals surface area contributed by atoms with E-state index < -0.39 is 18.9 Å². The maximum Gasteiger partial charge on any atom is 0.268 e. The second-order valence-corrected chi connectivity index (χ2v) is 8.39. The van der Waals surface area contributed by atoms with E-state index in [9.17, 15) is 8.42 Å². The summed E-state index contributed by atoms with van der Waals surface area (Å²) in [5, 5.41) is 0. The first-order valence-electron chi connectivity index (χ1n) is 4.20. The molecule has 1 atom stereocenters. The van der Waals surface area contributed by atoms with E-state index in [2.05, 4.69) is 6.92 Å². The fourth-order valence-corrected chi connectivity index (χ4v) is 4.78. The van der Waals surface area contributed by atoms with E-state index >= 15 is 0 Å². The first-order chi connectivity index (χ1) is 5.39. The average molecular weight is 209 g/mol. The van der Waals surface area contributed by atoms with Crippen LogP contribution in [0.3, 0.4) is 0 Å². The van der Waals surface area contributed by atoms with Crippen LogP contribution in [-0.2, 0) is 10.1 Å². The third-order valence-corrected chi connectivity index (χ3v) is 7.67. The van der Waals surface area contributed by atoms with Gasteiger partial charge in [0.1, 0.15) is 4.87 Å². The van der Waals surface area contributed by atoms with Crippen LogP contribution in [-0.4, -0.2) is 21.8 Å².